The fourth-order valence-electron chi connectivity index (χ4n) is 1.08. The van der Waals surface area contributed by atoms with Crippen LogP contribution < -0.4 is 5.32 Å². The molecule has 0 radical (unpaired) electrons. The van der Waals surface area contributed by atoms with Gasteiger partial charge in [-0.15, -0.1) is 6.42 Å². The molecule has 2 N–H and O–H groups in total. The zero-order valence-corrected chi connectivity index (χ0v) is 7.87. The van der Waals surface area contributed by atoms with Crippen molar-refractivity contribution in [2.24, 2.45) is 0 Å². The summed E-state index contributed by atoms with van der Waals surface area (Å²) < 4.78 is 0. The molecule has 3 nitrogen and oxygen atoms in total. The van der Waals surface area contributed by atoms with Gasteiger partial charge in [0.2, 0.25) is 5.91 Å². The van der Waals surface area contributed by atoms with E-state index in [0.29, 0.717) is 5.69 Å². The summed E-state index contributed by atoms with van der Waals surface area (Å²) in [7, 11) is 0. The molecule has 0 aliphatic carbocycles. The monoisotopic (exact) mass is 189 g/mol. The van der Waals surface area contributed by atoms with Crippen LogP contribution in [-0.2, 0) is 4.79 Å². The third-order valence-electron chi connectivity index (χ3n) is 1.75. The first-order valence-electron chi connectivity index (χ1n) is 4.16. The number of hydrogen-bond donors (Lipinski definition) is 2. The maximum Gasteiger partial charge on any atom is 0.236 e. The fourth-order valence-corrected chi connectivity index (χ4v) is 1.08. The van der Waals surface area contributed by atoms with Crippen molar-refractivity contribution in [2.45, 2.75) is 13.3 Å². The van der Waals surface area contributed by atoms with Gasteiger partial charge in [0.15, 0.2) is 0 Å². The molecule has 0 saturated carbocycles. The number of phenolic OH excluding ortho intramolecular Hbond substituents is 1. The predicted octanol–water partition coefficient (Wildman–Crippen LogP) is 1.66. The number of aromatic hydroxyl groups is 1. The first-order valence-corrected chi connectivity index (χ1v) is 4.16. The minimum absolute atomic E-state index is 0.0559. The standard InChI is InChI=1S/C11H11NO2/c1-3-4-11(14)12-10-6-5-9(13)7-8(10)2/h1,5-7,13H,4H2,2H3,(H,12,14). The van der Waals surface area contributed by atoms with Crippen LogP contribution in [0.15, 0.2) is 18.2 Å². The molecule has 0 unspecified atom stereocenters. The van der Waals surface area contributed by atoms with Gasteiger partial charge in [0.1, 0.15) is 5.75 Å². The SMILES string of the molecule is C#CCC(=O)Nc1ccc(O)cc1C. The number of nitrogens with one attached hydrogen (secondary N) is 1. The molecule has 1 aromatic rings. The average molecular weight is 189 g/mol. The van der Waals surface area contributed by atoms with Gasteiger partial charge in [-0.25, -0.2) is 0 Å². The summed E-state index contributed by atoms with van der Waals surface area (Å²) in [4.78, 5) is 11.1. The van der Waals surface area contributed by atoms with Gasteiger partial charge in [0.05, 0.1) is 6.42 Å². The van der Waals surface area contributed by atoms with Gasteiger partial charge in [-0.2, -0.15) is 0 Å². The Morgan fingerprint density at radius 2 is 2.36 bits per heavy atom. The highest BCUT2D eigenvalue weighted by Gasteiger charge is 2.03. The molecule has 0 aromatic heterocycles. The number of rotatable bonds is 2. The summed E-state index contributed by atoms with van der Waals surface area (Å²) in [5.74, 6) is 2.21. The van der Waals surface area contributed by atoms with Crippen LogP contribution in [0.5, 0.6) is 5.75 Å². The number of terminal acetylenes is 1. The fraction of sp³-hybridized carbons (Fsp3) is 0.182. The average Bonchev–Trinajstić information content (AvgIpc) is 2.10. The van der Waals surface area contributed by atoms with Crippen molar-refractivity contribution in [3.05, 3.63) is 23.8 Å². The van der Waals surface area contributed by atoms with E-state index in [1.54, 1.807) is 19.1 Å². The van der Waals surface area contributed by atoms with E-state index in [0.717, 1.165) is 5.56 Å². The van der Waals surface area contributed by atoms with E-state index in [-0.39, 0.29) is 18.1 Å². The Balaban J connectivity index is 2.78. The van der Waals surface area contributed by atoms with Gasteiger partial charge >= 0.3 is 0 Å². The number of amides is 1. The second-order valence-electron chi connectivity index (χ2n) is 2.93. The van der Waals surface area contributed by atoms with Gasteiger partial charge in [-0.1, -0.05) is 5.92 Å². The molecule has 0 atom stereocenters. The van der Waals surface area contributed by atoms with E-state index in [1.165, 1.54) is 6.07 Å². The Morgan fingerprint density at radius 1 is 1.64 bits per heavy atom. The normalized spacial score (nSPS) is 9.14. The summed E-state index contributed by atoms with van der Waals surface area (Å²) in [6, 6.07) is 4.73. The molecule has 1 aromatic carbocycles. The number of phenols is 1. The Kier molecular flexibility index (Phi) is 3.14. The molecule has 1 amide bonds. The highest BCUT2D eigenvalue weighted by Crippen LogP contribution is 2.19. The zero-order valence-electron chi connectivity index (χ0n) is 7.87. The van der Waals surface area contributed by atoms with Crippen molar-refractivity contribution in [3.63, 3.8) is 0 Å². The van der Waals surface area contributed by atoms with Gasteiger partial charge < -0.3 is 10.4 Å². The van der Waals surface area contributed by atoms with Crippen molar-refractivity contribution in [1.29, 1.82) is 0 Å². The zero-order chi connectivity index (χ0) is 10.6. The molecule has 0 aliphatic heterocycles. The van der Waals surface area contributed by atoms with Crippen molar-refractivity contribution in [1.82, 2.24) is 0 Å². The summed E-state index contributed by atoms with van der Waals surface area (Å²) in [6.45, 7) is 1.80. The van der Waals surface area contributed by atoms with Gasteiger partial charge in [-0.3, -0.25) is 4.79 Å². The molecule has 0 saturated heterocycles. The number of anilines is 1. The van der Waals surface area contributed by atoms with Crippen molar-refractivity contribution in [2.75, 3.05) is 5.32 Å². The van der Waals surface area contributed by atoms with E-state index in [2.05, 4.69) is 11.2 Å². The molecule has 72 valence electrons. The van der Waals surface area contributed by atoms with Crippen molar-refractivity contribution in [3.8, 4) is 18.1 Å². The Hall–Kier alpha value is -1.95. The predicted molar refractivity (Wildman–Crippen MR) is 54.9 cm³/mol. The minimum Gasteiger partial charge on any atom is -0.508 e. The van der Waals surface area contributed by atoms with Crippen LogP contribution in [0.4, 0.5) is 5.69 Å². The number of carbonyl (C=O) groups excluding carboxylic acids is 1. The highest BCUT2D eigenvalue weighted by molar-refractivity contribution is 5.92. The lowest BCUT2D eigenvalue weighted by Crippen LogP contribution is -2.10. The Bertz CT molecular complexity index is 391. The maximum atomic E-state index is 11.1. The van der Waals surface area contributed by atoms with Crippen LogP contribution in [0.1, 0.15) is 12.0 Å². The molecule has 0 fully saturated rings. The topological polar surface area (TPSA) is 49.3 Å². The van der Waals surface area contributed by atoms with Gasteiger partial charge in [0, 0.05) is 5.69 Å². The molecular weight excluding hydrogens is 178 g/mol. The molecule has 0 aliphatic rings. The summed E-state index contributed by atoms with van der Waals surface area (Å²) >= 11 is 0. The van der Waals surface area contributed by atoms with E-state index in [1.807, 2.05) is 0 Å². The number of benzene rings is 1. The quantitative estimate of drug-likeness (QED) is 0.549. The minimum atomic E-state index is -0.221. The molecule has 0 bridgehead atoms. The van der Waals surface area contributed by atoms with E-state index < -0.39 is 0 Å². The lowest BCUT2D eigenvalue weighted by Gasteiger charge is -2.06. The Labute approximate surface area is 82.8 Å². The van der Waals surface area contributed by atoms with E-state index >= 15 is 0 Å². The summed E-state index contributed by atoms with van der Waals surface area (Å²) in [5.41, 5.74) is 1.47. The maximum absolute atomic E-state index is 11.1. The number of carbonyl (C=O) groups is 1. The third kappa shape index (κ3) is 2.53. The molecule has 0 spiro atoms. The lowest BCUT2D eigenvalue weighted by molar-refractivity contribution is -0.115. The van der Waals surface area contributed by atoms with E-state index in [4.69, 9.17) is 11.5 Å². The van der Waals surface area contributed by atoms with Crippen LogP contribution >= 0.6 is 0 Å². The molecular formula is C11H11NO2. The number of aryl methyl sites for hydroxylation is 1. The second-order valence-corrected chi connectivity index (χ2v) is 2.93. The van der Waals surface area contributed by atoms with Crippen LogP contribution in [0.3, 0.4) is 0 Å². The largest absolute Gasteiger partial charge is 0.508 e. The Morgan fingerprint density at radius 3 is 2.93 bits per heavy atom. The first kappa shape index (κ1) is 10.1. The molecule has 1 rings (SSSR count). The molecule has 3 heteroatoms. The van der Waals surface area contributed by atoms with Crippen LogP contribution in [-0.4, -0.2) is 11.0 Å². The summed E-state index contributed by atoms with van der Waals surface area (Å²) in [5, 5.41) is 11.8. The summed E-state index contributed by atoms with van der Waals surface area (Å²) in [6.07, 6.45) is 5.05. The van der Waals surface area contributed by atoms with E-state index in [9.17, 15) is 4.79 Å². The first-order chi connectivity index (χ1) is 6.63. The van der Waals surface area contributed by atoms with Crippen LogP contribution in [0.2, 0.25) is 0 Å². The van der Waals surface area contributed by atoms with Gasteiger partial charge in [0.25, 0.3) is 0 Å². The van der Waals surface area contributed by atoms with Crippen molar-refractivity contribution >= 4 is 11.6 Å². The van der Waals surface area contributed by atoms with Crippen molar-refractivity contribution < 1.29 is 9.90 Å². The third-order valence-corrected chi connectivity index (χ3v) is 1.75. The number of hydrogen-bond acceptors (Lipinski definition) is 2. The molecule has 0 heterocycles. The van der Waals surface area contributed by atoms with Gasteiger partial charge in [-0.05, 0) is 30.7 Å². The van der Waals surface area contributed by atoms with Crippen LogP contribution in [0.25, 0.3) is 0 Å². The second kappa shape index (κ2) is 4.33. The van der Waals surface area contributed by atoms with Crippen LogP contribution in [0, 0.1) is 19.3 Å². The molecule has 14 heavy (non-hydrogen) atoms. The smallest absolute Gasteiger partial charge is 0.236 e. The lowest BCUT2D eigenvalue weighted by atomic mass is 10.2. The highest BCUT2D eigenvalue weighted by atomic mass is 16.3.